The molecule has 1 aliphatic heterocycles. The van der Waals surface area contributed by atoms with Gasteiger partial charge in [-0.05, 0) is 38.4 Å². The molecule has 1 aromatic rings. The first kappa shape index (κ1) is 13.1. The molecule has 0 bridgehead atoms. The molecule has 0 aromatic heterocycles. The normalized spacial score (nSPS) is 17.7. The molecular formula is C15H22N2O. The van der Waals surface area contributed by atoms with Gasteiger partial charge in [0.05, 0.1) is 0 Å². The fourth-order valence-corrected chi connectivity index (χ4v) is 2.51. The molecule has 3 nitrogen and oxygen atoms in total. The van der Waals surface area contributed by atoms with Gasteiger partial charge in [-0.25, -0.2) is 0 Å². The fraction of sp³-hybridized carbons (Fsp3) is 0.533. The Balaban J connectivity index is 1.83. The lowest BCUT2D eigenvalue weighted by Crippen LogP contribution is -2.39. The number of nitrogens with zero attached hydrogens (tertiary/aromatic N) is 1. The summed E-state index contributed by atoms with van der Waals surface area (Å²) in [6, 6.07) is 8.71. The highest BCUT2D eigenvalue weighted by atomic mass is 16.1. The Labute approximate surface area is 109 Å². The van der Waals surface area contributed by atoms with Crippen molar-refractivity contribution in [2.45, 2.75) is 26.3 Å². The van der Waals surface area contributed by atoms with Crippen molar-refractivity contribution in [2.24, 2.45) is 5.92 Å². The monoisotopic (exact) mass is 246 g/mol. The van der Waals surface area contributed by atoms with Crippen LogP contribution in [0.4, 0.5) is 0 Å². The quantitative estimate of drug-likeness (QED) is 0.884. The number of carbonyl (C=O) groups is 1. The molecule has 1 N–H and O–H groups in total. The summed E-state index contributed by atoms with van der Waals surface area (Å²) in [6.45, 7) is 5.15. The van der Waals surface area contributed by atoms with E-state index < -0.39 is 0 Å². The zero-order valence-electron chi connectivity index (χ0n) is 11.3. The van der Waals surface area contributed by atoms with Crippen LogP contribution < -0.4 is 5.32 Å². The van der Waals surface area contributed by atoms with Crippen LogP contribution in [0.1, 0.15) is 24.0 Å². The van der Waals surface area contributed by atoms with Gasteiger partial charge in [-0.1, -0.05) is 29.8 Å². The largest absolute Gasteiger partial charge is 0.359 e. The lowest BCUT2D eigenvalue weighted by atomic mass is 9.95. The van der Waals surface area contributed by atoms with Crippen molar-refractivity contribution in [3.8, 4) is 0 Å². The van der Waals surface area contributed by atoms with Gasteiger partial charge in [-0.15, -0.1) is 0 Å². The molecule has 3 heteroatoms. The molecule has 1 fully saturated rings. The Morgan fingerprint density at radius 3 is 2.44 bits per heavy atom. The molecule has 1 saturated heterocycles. The maximum Gasteiger partial charge on any atom is 0.222 e. The van der Waals surface area contributed by atoms with Gasteiger partial charge in [0.15, 0.2) is 0 Å². The van der Waals surface area contributed by atoms with Gasteiger partial charge in [0, 0.05) is 19.5 Å². The second kappa shape index (κ2) is 6.01. The topological polar surface area (TPSA) is 32.3 Å². The van der Waals surface area contributed by atoms with E-state index in [1.807, 2.05) is 0 Å². The molecule has 0 radical (unpaired) electrons. The third kappa shape index (κ3) is 3.33. The van der Waals surface area contributed by atoms with Gasteiger partial charge in [-0.3, -0.25) is 9.69 Å². The molecule has 0 saturated carbocycles. The van der Waals surface area contributed by atoms with E-state index in [4.69, 9.17) is 0 Å². The van der Waals surface area contributed by atoms with Gasteiger partial charge in [-0.2, -0.15) is 0 Å². The van der Waals surface area contributed by atoms with Gasteiger partial charge in [0.25, 0.3) is 0 Å². The second-order valence-corrected chi connectivity index (χ2v) is 5.15. The van der Waals surface area contributed by atoms with Crippen LogP contribution in [-0.2, 0) is 11.3 Å². The number of hydrogen-bond donors (Lipinski definition) is 1. The first-order valence-corrected chi connectivity index (χ1v) is 6.68. The van der Waals surface area contributed by atoms with Gasteiger partial charge in [0.1, 0.15) is 0 Å². The third-order valence-corrected chi connectivity index (χ3v) is 3.73. The zero-order valence-corrected chi connectivity index (χ0v) is 11.3. The highest BCUT2D eigenvalue weighted by Gasteiger charge is 2.23. The Morgan fingerprint density at radius 2 is 1.89 bits per heavy atom. The molecule has 1 amide bonds. The van der Waals surface area contributed by atoms with Crippen LogP contribution in [0, 0.1) is 12.8 Å². The first-order chi connectivity index (χ1) is 8.69. The van der Waals surface area contributed by atoms with E-state index in [0.717, 1.165) is 32.5 Å². The molecule has 98 valence electrons. The predicted molar refractivity (Wildman–Crippen MR) is 73.2 cm³/mol. The van der Waals surface area contributed by atoms with Crippen molar-refractivity contribution in [3.05, 3.63) is 35.4 Å². The minimum atomic E-state index is 0.199. The molecule has 0 aliphatic carbocycles. The zero-order chi connectivity index (χ0) is 13.0. The minimum Gasteiger partial charge on any atom is -0.359 e. The van der Waals surface area contributed by atoms with Crippen LogP contribution in [0.3, 0.4) is 0 Å². The average molecular weight is 246 g/mol. The smallest absolute Gasteiger partial charge is 0.222 e. The number of benzene rings is 1. The van der Waals surface area contributed by atoms with Crippen LogP contribution in [0.2, 0.25) is 0 Å². The van der Waals surface area contributed by atoms with Gasteiger partial charge in [0.2, 0.25) is 5.91 Å². The summed E-state index contributed by atoms with van der Waals surface area (Å²) < 4.78 is 0. The maximum absolute atomic E-state index is 11.5. The van der Waals surface area contributed by atoms with Crippen LogP contribution in [0.25, 0.3) is 0 Å². The number of rotatable bonds is 3. The van der Waals surface area contributed by atoms with E-state index in [1.165, 1.54) is 11.1 Å². The van der Waals surface area contributed by atoms with E-state index >= 15 is 0 Å². The van der Waals surface area contributed by atoms with Crippen molar-refractivity contribution in [3.63, 3.8) is 0 Å². The van der Waals surface area contributed by atoms with E-state index in [1.54, 1.807) is 7.05 Å². The fourth-order valence-electron chi connectivity index (χ4n) is 2.51. The molecule has 0 atom stereocenters. The number of hydrogen-bond acceptors (Lipinski definition) is 2. The average Bonchev–Trinajstić information content (AvgIpc) is 2.41. The van der Waals surface area contributed by atoms with Crippen molar-refractivity contribution in [1.29, 1.82) is 0 Å². The molecule has 18 heavy (non-hydrogen) atoms. The van der Waals surface area contributed by atoms with Crippen molar-refractivity contribution >= 4 is 5.91 Å². The number of amides is 1. The SMILES string of the molecule is CNC(=O)C1CCN(Cc2ccc(C)cc2)CC1. The van der Waals surface area contributed by atoms with Crippen molar-refractivity contribution in [1.82, 2.24) is 10.2 Å². The maximum atomic E-state index is 11.5. The van der Waals surface area contributed by atoms with Gasteiger partial charge < -0.3 is 5.32 Å². The predicted octanol–water partition coefficient (Wildman–Crippen LogP) is 1.95. The summed E-state index contributed by atoms with van der Waals surface area (Å²) in [7, 11) is 1.72. The molecular weight excluding hydrogens is 224 g/mol. The molecule has 0 spiro atoms. The van der Waals surface area contributed by atoms with Crippen LogP contribution in [-0.4, -0.2) is 30.9 Å². The molecule has 2 rings (SSSR count). The first-order valence-electron chi connectivity index (χ1n) is 6.68. The number of nitrogens with one attached hydrogen (secondary N) is 1. The summed E-state index contributed by atoms with van der Waals surface area (Å²) in [5.41, 5.74) is 2.66. The highest BCUT2D eigenvalue weighted by molar-refractivity contribution is 5.78. The summed E-state index contributed by atoms with van der Waals surface area (Å²) in [5, 5.41) is 2.75. The lowest BCUT2D eigenvalue weighted by molar-refractivity contribution is -0.125. The summed E-state index contributed by atoms with van der Waals surface area (Å²) in [4.78, 5) is 14.0. The summed E-state index contributed by atoms with van der Waals surface area (Å²) >= 11 is 0. The van der Waals surface area contributed by atoms with E-state index in [0.29, 0.717) is 0 Å². The van der Waals surface area contributed by atoms with Crippen molar-refractivity contribution in [2.75, 3.05) is 20.1 Å². The highest BCUT2D eigenvalue weighted by Crippen LogP contribution is 2.19. The number of piperidine rings is 1. The number of likely N-dealkylation sites (tertiary alicyclic amines) is 1. The van der Waals surface area contributed by atoms with Crippen LogP contribution >= 0.6 is 0 Å². The second-order valence-electron chi connectivity index (χ2n) is 5.15. The molecule has 1 heterocycles. The van der Waals surface area contributed by atoms with E-state index in [9.17, 15) is 4.79 Å². The molecule has 1 aromatic carbocycles. The lowest BCUT2D eigenvalue weighted by Gasteiger charge is -2.31. The standard InChI is InChI=1S/C15H22N2O/c1-12-3-5-13(6-4-12)11-17-9-7-14(8-10-17)15(18)16-2/h3-6,14H,7-11H2,1-2H3,(H,16,18). The molecule has 1 aliphatic rings. The number of carbonyl (C=O) groups excluding carboxylic acids is 1. The Morgan fingerprint density at radius 1 is 1.28 bits per heavy atom. The Bertz CT molecular complexity index is 391. The van der Waals surface area contributed by atoms with Crippen LogP contribution in [0.5, 0.6) is 0 Å². The van der Waals surface area contributed by atoms with Crippen LogP contribution in [0.15, 0.2) is 24.3 Å². The summed E-state index contributed by atoms with van der Waals surface area (Å²) in [5.74, 6) is 0.411. The van der Waals surface area contributed by atoms with Crippen molar-refractivity contribution < 1.29 is 4.79 Å². The van der Waals surface area contributed by atoms with Gasteiger partial charge >= 0.3 is 0 Å². The van der Waals surface area contributed by atoms with E-state index in [2.05, 4.69) is 41.4 Å². The van der Waals surface area contributed by atoms with E-state index in [-0.39, 0.29) is 11.8 Å². The Hall–Kier alpha value is -1.35. The summed E-state index contributed by atoms with van der Waals surface area (Å²) in [6.07, 6.45) is 1.96. The minimum absolute atomic E-state index is 0.199. The third-order valence-electron chi connectivity index (χ3n) is 3.73. The Kier molecular flexibility index (Phi) is 4.37. The number of aryl methyl sites for hydroxylation is 1. The molecule has 0 unspecified atom stereocenters.